The standard InChI is InChI=1S/C21H28N2/c1-3-5-7-8-9-15-23-18-12-21(13-19-23)20-10-16-22(17-11-20)14-6-4-2/h3-4,10-13,16-19H,1-2,5-9,14-15H2/q+2. The van der Waals surface area contributed by atoms with E-state index in [-0.39, 0.29) is 0 Å². The van der Waals surface area contributed by atoms with Crippen molar-refractivity contribution in [3.05, 3.63) is 74.4 Å². The largest absolute Gasteiger partial charge is 0.205 e. The Morgan fingerprint density at radius 2 is 1.17 bits per heavy atom. The summed E-state index contributed by atoms with van der Waals surface area (Å²) in [4.78, 5) is 0. The van der Waals surface area contributed by atoms with Crippen molar-refractivity contribution in [1.82, 2.24) is 0 Å². The number of hydrogen-bond acceptors (Lipinski definition) is 0. The minimum Gasteiger partial charge on any atom is -0.205 e. The van der Waals surface area contributed by atoms with Gasteiger partial charge in [-0.3, -0.25) is 0 Å². The molecule has 0 aliphatic heterocycles. The van der Waals surface area contributed by atoms with E-state index in [0.717, 1.165) is 25.9 Å². The summed E-state index contributed by atoms with van der Waals surface area (Å²) >= 11 is 0. The van der Waals surface area contributed by atoms with Crippen molar-refractivity contribution in [2.24, 2.45) is 0 Å². The lowest BCUT2D eigenvalue weighted by atomic mass is 10.1. The maximum atomic E-state index is 3.76. The van der Waals surface area contributed by atoms with Crippen LogP contribution in [0.2, 0.25) is 0 Å². The summed E-state index contributed by atoms with van der Waals surface area (Å²) < 4.78 is 4.46. The third-order valence-corrected chi connectivity index (χ3v) is 4.03. The number of aryl methyl sites for hydroxylation is 2. The van der Waals surface area contributed by atoms with Gasteiger partial charge >= 0.3 is 0 Å². The van der Waals surface area contributed by atoms with E-state index in [1.807, 2.05) is 12.2 Å². The summed E-state index contributed by atoms with van der Waals surface area (Å²) in [6.07, 6.45) is 18.5. The molecule has 0 saturated heterocycles. The molecular formula is C21H28N2+2. The van der Waals surface area contributed by atoms with Gasteiger partial charge in [0.1, 0.15) is 6.54 Å². The second kappa shape index (κ2) is 9.73. The Morgan fingerprint density at radius 1 is 0.652 bits per heavy atom. The van der Waals surface area contributed by atoms with Gasteiger partial charge in [0.05, 0.1) is 0 Å². The van der Waals surface area contributed by atoms with E-state index >= 15 is 0 Å². The first-order valence-corrected chi connectivity index (χ1v) is 8.54. The van der Waals surface area contributed by atoms with Crippen molar-refractivity contribution in [3.8, 4) is 11.1 Å². The normalized spacial score (nSPS) is 10.4. The first-order valence-electron chi connectivity index (χ1n) is 8.54. The predicted molar refractivity (Wildman–Crippen MR) is 95.7 cm³/mol. The highest BCUT2D eigenvalue weighted by molar-refractivity contribution is 5.60. The molecule has 0 radical (unpaired) electrons. The zero-order valence-corrected chi connectivity index (χ0v) is 14.0. The molecule has 2 rings (SSSR count). The van der Waals surface area contributed by atoms with Gasteiger partial charge in [-0.15, -0.1) is 13.2 Å². The second-order valence-electron chi connectivity index (χ2n) is 5.86. The lowest BCUT2D eigenvalue weighted by Crippen LogP contribution is -2.32. The molecule has 0 N–H and O–H groups in total. The van der Waals surface area contributed by atoms with Crippen molar-refractivity contribution < 1.29 is 9.13 Å². The van der Waals surface area contributed by atoms with Gasteiger partial charge in [0.15, 0.2) is 31.3 Å². The van der Waals surface area contributed by atoms with Crippen LogP contribution in [0.3, 0.4) is 0 Å². The predicted octanol–water partition coefficient (Wildman–Crippen LogP) is 4.25. The van der Waals surface area contributed by atoms with E-state index in [1.54, 1.807) is 0 Å². The summed E-state index contributed by atoms with van der Waals surface area (Å²) in [7, 11) is 0. The summed E-state index contributed by atoms with van der Waals surface area (Å²) in [5, 5.41) is 0. The number of hydrogen-bond donors (Lipinski definition) is 0. The molecule has 0 aromatic carbocycles. The van der Waals surface area contributed by atoms with Crippen LogP contribution in [0.4, 0.5) is 0 Å². The average Bonchev–Trinajstić information content (AvgIpc) is 2.61. The summed E-state index contributed by atoms with van der Waals surface area (Å²) in [5.74, 6) is 0. The fraction of sp³-hybridized carbons (Fsp3) is 0.333. The maximum Gasteiger partial charge on any atom is 0.169 e. The van der Waals surface area contributed by atoms with Crippen molar-refractivity contribution in [3.63, 3.8) is 0 Å². The molecule has 2 heterocycles. The van der Waals surface area contributed by atoms with Crippen LogP contribution in [0.5, 0.6) is 0 Å². The molecule has 2 aromatic rings. The Kier molecular flexibility index (Phi) is 7.25. The van der Waals surface area contributed by atoms with Crippen LogP contribution in [-0.4, -0.2) is 0 Å². The maximum absolute atomic E-state index is 3.76. The lowest BCUT2D eigenvalue weighted by molar-refractivity contribution is -0.697. The molecule has 0 amide bonds. The molecule has 2 aromatic heterocycles. The third-order valence-electron chi connectivity index (χ3n) is 4.03. The fourth-order valence-electron chi connectivity index (χ4n) is 2.60. The van der Waals surface area contributed by atoms with Crippen LogP contribution in [0.25, 0.3) is 11.1 Å². The van der Waals surface area contributed by atoms with E-state index in [4.69, 9.17) is 0 Å². The summed E-state index contributed by atoms with van der Waals surface area (Å²) in [6, 6.07) is 8.76. The molecular weight excluding hydrogens is 280 g/mol. The highest BCUT2D eigenvalue weighted by Gasteiger charge is 2.05. The number of nitrogens with zero attached hydrogens (tertiary/aromatic N) is 2. The highest BCUT2D eigenvalue weighted by atomic mass is 14.9. The topological polar surface area (TPSA) is 7.76 Å². The van der Waals surface area contributed by atoms with Gasteiger partial charge in [0.2, 0.25) is 0 Å². The second-order valence-corrected chi connectivity index (χ2v) is 5.86. The van der Waals surface area contributed by atoms with Crippen LogP contribution in [0.1, 0.15) is 32.1 Å². The van der Waals surface area contributed by atoms with Gasteiger partial charge in [-0.25, -0.2) is 9.13 Å². The van der Waals surface area contributed by atoms with Crippen molar-refractivity contribution in [2.75, 3.05) is 0 Å². The van der Waals surface area contributed by atoms with Crippen LogP contribution in [0.15, 0.2) is 74.4 Å². The van der Waals surface area contributed by atoms with Gasteiger partial charge in [-0.1, -0.05) is 12.2 Å². The highest BCUT2D eigenvalue weighted by Crippen LogP contribution is 2.15. The molecule has 0 unspecified atom stereocenters. The fourth-order valence-corrected chi connectivity index (χ4v) is 2.60. The summed E-state index contributed by atoms with van der Waals surface area (Å²) in [5.41, 5.74) is 2.53. The van der Waals surface area contributed by atoms with Crippen LogP contribution < -0.4 is 9.13 Å². The van der Waals surface area contributed by atoms with Crippen LogP contribution in [0, 0.1) is 0 Å². The molecule has 0 atom stereocenters. The molecule has 0 aliphatic rings. The minimum absolute atomic E-state index is 0.990. The molecule has 0 spiro atoms. The number of aromatic nitrogens is 2. The quantitative estimate of drug-likeness (QED) is 0.352. The SMILES string of the molecule is C=CCCCCC[n+]1ccc(-c2cc[n+](CCC=C)cc2)cc1. The van der Waals surface area contributed by atoms with E-state index in [1.165, 1.54) is 30.4 Å². The Labute approximate surface area is 140 Å². The van der Waals surface area contributed by atoms with Crippen molar-refractivity contribution in [1.29, 1.82) is 0 Å². The van der Waals surface area contributed by atoms with Gasteiger partial charge in [-0.2, -0.15) is 0 Å². The third kappa shape index (κ3) is 5.82. The Hall–Kier alpha value is -2.22. The van der Waals surface area contributed by atoms with Crippen molar-refractivity contribution >= 4 is 0 Å². The monoisotopic (exact) mass is 308 g/mol. The molecule has 23 heavy (non-hydrogen) atoms. The van der Waals surface area contributed by atoms with Crippen LogP contribution >= 0.6 is 0 Å². The Morgan fingerprint density at radius 3 is 1.70 bits per heavy atom. The van der Waals surface area contributed by atoms with E-state index in [2.05, 4.69) is 71.3 Å². The first kappa shape index (κ1) is 17.1. The van der Waals surface area contributed by atoms with E-state index in [0.29, 0.717) is 0 Å². The minimum atomic E-state index is 0.990. The van der Waals surface area contributed by atoms with Gasteiger partial charge in [-0.05, 0) is 30.4 Å². The molecule has 0 bridgehead atoms. The average molecular weight is 308 g/mol. The lowest BCUT2D eigenvalue weighted by Gasteiger charge is -2.01. The molecule has 0 saturated carbocycles. The zero-order chi connectivity index (χ0) is 16.3. The van der Waals surface area contributed by atoms with Crippen molar-refractivity contribution in [2.45, 2.75) is 45.2 Å². The molecule has 0 aliphatic carbocycles. The van der Waals surface area contributed by atoms with Gasteiger partial charge in [0.25, 0.3) is 0 Å². The number of rotatable bonds is 10. The van der Waals surface area contributed by atoms with E-state index in [9.17, 15) is 0 Å². The Balaban J connectivity index is 1.88. The van der Waals surface area contributed by atoms with Crippen LogP contribution in [-0.2, 0) is 13.1 Å². The summed E-state index contributed by atoms with van der Waals surface area (Å²) in [6.45, 7) is 9.61. The molecule has 0 fully saturated rings. The number of allylic oxidation sites excluding steroid dienone is 2. The molecule has 120 valence electrons. The van der Waals surface area contributed by atoms with E-state index < -0.39 is 0 Å². The molecule has 2 heteroatoms. The first-order chi connectivity index (χ1) is 11.3. The zero-order valence-electron chi connectivity index (χ0n) is 14.0. The van der Waals surface area contributed by atoms with Gasteiger partial charge in [0, 0.05) is 37.1 Å². The smallest absolute Gasteiger partial charge is 0.169 e. The molecule has 2 nitrogen and oxygen atoms in total. The number of unbranched alkanes of at least 4 members (excludes halogenated alkanes) is 3. The van der Waals surface area contributed by atoms with Gasteiger partial charge < -0.3 is 0 Å². The Bertz CT molecular complexity index is 597. The number of pyridine rings is 2.